The van der Waals surface area contributed by atoms with Gasteiger partial charge in [-0.25, -0.2) is 4.99 Å². The standard InChI is InChI=1S/C29H24Cl2N4O7/c30-21-10-17(11-22(31)20(21)15-37)28(41)34-27-29(42)35(13-24(38)32-18(14-36)12-25(39)40)23-9-5-4-8-19(23)26(33-27)16-6-2-1-3-7-16/h1-11,14,18,27,37H,12-13,15H2,(H,32,38)(H,34,41)(H,39,40)/t18-,27?/m0/s1. The van der Waals surface area contributed by atoms with Crippen LogP contribution in [0.2, 0.25) is 10.0 Å². The fourth-order valence-corrected chi connectivity index (χ4v) is 4.93. The van der Waals surface area contributed by atoms with Crippen molar-refractivity contribution < 1.29 is 34.2 Å². The average molecular weight is 611 g/mol. The van der Waals surface area contributed by atoms with Crippen LogP contribution in [0.3, 0.4) is 0 Å². The Kier molecular flexibility index (Phi) is 9.68. The van der Waals surface area contributed by atoms with Gasteiger partial charge in [-0.3, -0.25) is 24.1 Å². The zero-order valence-electron chi connectivity index (χ0n) is 21.8. The lowest BCUT2D eigenvalue weighted by atomic mass is 10.0. The summed E-state index contributed by atoms with van der Waals surface area (Å²) in [5, 5.41) is 23.5. The number of hydrogen-bond donors (Lipinski definition) is 4. The molecule has 11 nitrogen and oxygen atoms in total. The van der Waals surface area contributed by atoms with Crippen LogP contribution in [0.4, 0.5) is 5.69 Å². The number of carbonyl (C=O) groups excluding carboxylic acids is 4. The molecule has 0 saturated heterocycles. The van der Waals surface area contributed by atoms with Gasteiger partial charge in [0.15, 0.2) is 0 Å². The van der Waals surface area contributed by atoms with Gasteiger partial charge in [0, 0.05) is 32.3 Å². The van der Waals surface area contributed by atoms with Crippen LogP contribution >= 0.6 is 23.2 Å². The van der Waals surface area contributed by atoms with Gasteiger partial charge in [-0.15, -0.1) is 0 Å². The normalized spacial score (nSPS) is 15.1. The first-order chi connectivity index (χ1) is 20.1. The number of para-hydroxylation sites is 1. The Morgan fingerprint density at radius 2 is 1.67 bits per heavy atom. The molecule has 0 fully saturated rings. The number of carboxylic acids is 1. The predicted octanol–water partition coefficient (Wildman–Crippen LogP) is 2.58. The Hall–Kier alpha value is -4.58. The number of aliphatic carboxylic acids is 1. The third-order valence-corrected chi connectivity index (χ3v) is 6.97. The fourth-order valence-electron chi connectivity index (χ4n) is 4.32. The summed E-state index contributed by atoms with van der Waals surface area (Å²) < 4.78 is 0. The molecule has 0 aliphatic carbocycles. The Bertz CT molecular complexity index is 1560. The highest BCUT2D eigenvalue weighted by Gasteiger charge is 2.34. The average Bonchev–Trinajstić information content (AvgIpc) is 3.07. The predicted molar refractivity (Wildman–Crippen MR) is 155 cm³/mol. The minimum Gasteiger partial charge on any atom is -0.481 e. The number of amides is 3. The second kappa shape index (κ2) is 13.4. The van der Waals surface area contributed by atoms with Gasteiger partial charge >= 0.3 is 5.97 Å². The van der Waals surface area contributed by atoms with Crippen molar-refractivity contribution in [1.82, 2.24) is 10.6 Å². The Morgan fingerprint density at radius 3 is 2.29 bits per heavy atom. The lowest BCUT2D eigenvalue weighted by molar-refractivity contribution is -0.138. The number of benzene rings is 3. The second-order valence-electron chi connectivity index (χ2n) is 9.15. The van der Waals surface area contributed by atoms with Crippen LogP contribution in [-0.4, -0.2) is 64.7 Å². The molecule has 4 N–H and O–H groups in total. The minimum absolute atomic E-state index is 0.00000992. The van der Waals surface area contributed by atoms with Crippen LogP contribution < -0.4 is 15.5 Å². The third kappa shape index (κ3) is 6.82. The lowest BCUT2D eigenvalue weighted by Crippen LogP contribution is -2.51. The molecule has 3 aromatic carbocycles. The Labute approximate surface area is 249 Å². The SMILES string of the molecule is O=C[C@H](CC(=O)O)NC(=O)CN1C(=O)C(NC(=O)c2cc(Cl)c(CO)c(Cl)c2)N=C(c2ccccc2)c2ccccc21. The molecule has 0 aromatic heterocycles. The van der Waals surface area contributed by atoms with Crippen molar-refractivity contribution in [1.29, 1.82) is 0 Å². The van der Waals surface area contributed by atoms with Crippen LogP contribution in [0, 0.1) is 0 Å². The lowest BCUT2D eigenvalue weighted by Gasteiger charge is -2.25. The number of nitrogens with zero attached hydrogens (tertiary/aromatic N) is 2. The molecule has 0 radical (unpaired) electrons. The van der Waals surface area contributed by atoms with Crippen LogP contribution in [0.15, 0.2) is 71.7 Å². The first-order valence-corrected chi connectivity index (χ1v) is 13.3. The van der Waals surface area contributed by atoms with E-state index in [0.717, 1.165) is 4.90 Å². The maximum Gasteiger partial charge on any atom is 0.305 e. The van der Waals surface area contributed by atoms with Gasteiger partial charge in [0.25, 0.3) is 11.8 Å². The number of aliphatic imine (C=N–C) groups is 1. The van der Waals surface area contributed by atoms with E-state index in [4.69, 9.17) is 28.3 Å². The molecule has 1 unspecified atom stereocenters. The summed E-state index contributed by atoms with van der Waals surface area (Å²) in [5.74, 6) is -3.63. The molecule has 13 heteroatoms. The van der Waals surface area contributed by atoms with E-state index < -0.39 is 55.5 Å². The van der Waals surface area contributed by atoms with Crippen molar-refractivity contribution in [2.24, 2.45) is 4.99 Å². The van der Waals surface area contributed by atoms with Gasteiger partial charge in [0.05, 0.1) is 30.5 Å². The number of benzodiazepines with no additional fused rings is 1. The van der Waals surface area contributed by atoms with E-state index in [1.807, 2.05) is 0 Å². The van der Waals surface area contributed by atoms with Crippen molar-refractivity contribution in [3.05, 3.63) is 99.0 Å². The maximum absolute atomic E-state index is 13.9. The quantitative estimate of drug-likeness (QED) is 0.256. The van der Waals surface area contributed by atoms with Crippen LogP contribution in [0.25, 0.3) is 0 Å². The molecule has 42 heavy (non-hydrogen) atoms. The zero-order chi connectivity index (χ0) is 30.4. The molecule has 1 aliphatic heterocycles. The van der Waals surface area contributed by atoms with Crippen molar-refractivity contribution in [2.75, 3.05) is 11.4 Å². The van der Waals surface area contributed by atoms with Gasteiger partial charge in [-0.2, -0.15) is 0 Å². The van der Waals surface area contributed by atoms with Gasteiger partial charge in [-0.05, 0) is 18.2 Å². The monoisotopic (exact) mass is 610 g/mol. The minimum atomic E-state index is -1.52. The number of aliphatic hydroxyl groups excluding tert-OH is 1. The van der Waals surface area contributed by atoms with E-state index in [9.17, 15) is 29.1 Å². The summed E-state index contributed by atoms with van der Waals surface area (Å²) in [7, 11) is 0. The highest BCUT2D eigenvalue weighted by Crippen LogP contribution is 2.29. The van der Waals surface area contributed by atoms with E-state index in [-0.39, 0.29) is 21.2 Å². The van der Waals surface area contributed by atoms with E-state index in [0.29, 0.717) is 28.8 Å². The maximum atomic E-state index is 13.9. The summed E-state index contributed by atoms with van der Waals surface area (Å²) in [6, 6.07) is 16.9. The summed E-state index contributed by atoms with van der Waals surface area (Å²) >= 11 is 12.3. The number of carbonyl (C=O) groups is 5. The van der Waals surface area contributed by atoms with Gasteiger partial charge < -0.3 is 25.6 Å². The number of nitrogens with one attached hydrogen (secondary N) is 2. The van der Waals surface area contributed by atoms with Crippen molar-refractivity contribution in [3.63, 3.8) is 0 Å². The molecule has 4 rings (SSSR count). The van der Waals surface area contributed by atoms with Gasteiger partial charge in [-0.1, -0.05) is 71.7 Å². The number of anilines is 1. The van der Waals surface area contributed by atoms with Crippen LogP contribution in [-0.2, 0) is 25.8 Å². The van der Waals surface area contributed by atoms with E-state index in [1.165, 1.54) is 12.1 Å². The van der Waals surface area contributed by atoms with Crippen molar-refractivity contribution in [2.45, 2.75) is 25.2 Å². The smallest absolute Gasteiger partial charge is 0.305 e. The summed E-state index contributed by atoms with van der Waals surface area (Å²) in [5.41, 5.74) is 2.00. The fraction of sp³-hybridized carbons (Fsp3) is 0.172. The molecular weight excluding hydrogens is 587 g/mol. The van der Waals surface area contributed by atoms with Gasteiger partial charge in [0.2, 0.25) is 12.1 Å². The van der Waals surface area contributed by atoms with Crippen molar-refractivity contribution >= 4 is 64.6 Å². The Morgan fingerprint density at radius 1 is 1.02 bits per heavy atom. The summed E-state index contributed by atoms with van der Waals surface area (Å²) in [4.78, 5) is 68.3. The first kappa shape index (κ1) is 30.4. The van der Waals surface area contributed by atoms with Crippen LogP contribution in [0.1, 0.15) is 33.5 Å². The van der Waals surface area contributed by atoms with Crippen molar-refractivity contribution in [3.8, 4) is 0 Å². The summed E-state index contributed by atoms with van der Waals surface area (Å²) in [6.07, 6.45) is -1.87. The number of carboxylic acid groups (broad SMARTS) is 1. The number of aliphatic hydroxyl groups is 1. The van der Waals surface area contributed by atoms with E-state index >= 15 is 0 Å². The molecule has 2 atom stereocenters. The second-order valence-corrected chi connectivity index (χ2v) is 9.96. The molecule has 3 amide bonds. The molecule has 3 aromatic rings. The molecule has 1 aliphatic rings. The number of rotatable bonds is 10. The number of aldehydes is 1. The molecule has 216 valence electrons. The third-order valence-electron chi connectivity index (χ3n) is 6.29. The van der Waals surface area contributed by atoms with Gasteiger partial charge in [0.1, 0.15) is 12.8 Å². The largest absolute Gasteiger partial charge is 0.481 e. The molecule has 1 heterocycles. The number of fused-ring (bicyclic) bond motifs is 1. The van der Waals surface area contributed by atoms with E-state index in [1.54, 1.807) is 54.6 Å². The zero-order valence-corrected chi connectivity index (χ0v) is 23.3. The topological polar surface area (TPSA) is 165 Å². The van der Waals surface area contributed by atoms with Crippen LogP contribution in [0.5, 0.6) is 0 Å². The highest BCUT2D eigenvalue weighted by atomic mass is 35.5. The highest BCUT2D eigenvalue weighted by molar-refractivity contribution is 6.36. The number of halogens is 2. The molecule has 0 saturated carbocycles. The first-order valence-electron chi connectivity index (χ1n) is 12.5. The number of hydrogen-bond acceptors (Lipinski definition) is 7. The molecule has 0 bridgehead atoms. The molecular formula is C29H24Cl2N4O7. The van der Waals surface area contributed by atoms with E-state index in [2.05, 4.69) is 15.6 Å². The Balaban J connectivity index is 1.75. The molecule has 0 spiro atoms. The summed E-state index contributed by atoms with van der Waals surface area (Å²) in [6.45, 7) is -1.05.